The van der Waals surface area contributed by atoms with E-state index in [4.69, 9.17) is 19.0 Å². The third-order valence-electron chi connectivity index (χ3n) is 3.01. The summed E-state index contributed by atoms with van der Waals surface area (Å²) in [6.45, 7) is 12.3. The molecule has 1 atom stereocenters. The topological polar surface area (TPSA) is 65.7 Å². The lowest BCUT2D eigenvalue weighted by molar-refractivity contribution is 0.0572. The van der Waals surface area contributed by atoms with E-state index in [0.717, 1.165) is 38.3 Å². The van der Waals surface area contributed by atoms with Crippen molar-refractivity contribution >= 4 is 8.80 Å². The van der Waals surface area contributed by atoms with Gasteiger partial charge in [0.15, 0.2) is 0 Å². The Kier molecular flexibility index (Phi) is 13.7. The molecule has 0 amide bonds. The Bertz CT molecular complexity index is 211. The molecule has 0 saturated carbocycles. The number of nitrogens with two attached hydrogens (primary N) is 1. The highest BCUT2D eigenvalue weighted by Gasteiger charge is 2.42. The van der Waals surface area contributed by atoms with Gasteiger partial charge < -0.3 is 24.3 Å². The molecule has 0 spiro atoms. The van der Waals surface area contributed by atoms with Gasteiger partial charge in [0.05, 0.1) is 0 Å². The standard InChI is InChI=1S/C15H36N2O3Si/c1-5-11-18-21(19-12-6-2,20-13-7-3)14-15(4)17-10-8-9-16/h15,17H,5-14,16H2,1-4H3. The summed E-state index contributed by atoms with van der Waals surface area (Å²) in [4.78, 5) is 0. The normalized spacial score (nSPS) is 13.6. The first-order chi connectivity index (χ1) is 10.1. The van der Waals surface area contributed by atoms with Crippen LogP contribution in [0.25, 0.3) is 0 Å². The monoisotopic (exact) mass is 320 g/mol. The zero-order valence-electron chi connectivity index (χ0n) is 14.5. The van der Waals surface area contributed by atoms with Crippen LogP contribution in [0, 0.1) is 0 Å². The molecule has 0 bridgehead atoms. The maximum atomic E-state index is 6.09. The molecular weight excluding hydrogens is 284 g/mol. The van der Waals surface area contributed by atoms with E-state index in [1.165, 1.54) is 0 Å². The van der Waals surface area contributed by atoms with Crippen molar-refractivity contribution in [2.75, 3.05) is 32.9 Å². The highest BCUT2D eigenvalue weighted by Crippen LogP contribution is 2.19. The second-order valence-corrected chi connectivity index (χ2v) is 8.07. The van der Waals surface area contributed by atoms with Crippen LogP contribution in [0.3, 0.4) is 0 Å². The summed E-state index contributed by atoms with van der Waals surface area (Å²) in [5.41, 5.74) is 5.53. The minimum absolute atomic E-state index is 0.314. The Morgan fingerprint density at radius 2 is 1.43 bits per heavy atom. The predicted octanol–water partition coefficient (Wildman–Crippen LogP) is 2.53. The fourth-order valence-corrected chi connectivity index (χ4v) is 5.02. The molecular formula is C15H36N2O3Si. The lowest BCUT2D eigenvalue weighted by atomic mass is 10.3. The Balaban J connectivity index is 4.60. The zero-order valence-corrected chi connectivity index (χ0v) is 15.5. The summed E-state index contributed by atoms with van der Waals surface area (Å²) in [5.74, 6) is 0. The summed E-state index contributed by atoms with van der Waals surface area (Å²) < 4.78 is 18.3. The minimum Gasteiger partial charge on any atom is -0.373 e. The average Bonchev–Trinajstić information content (AvgIpc) is 2.49. The number of hydrogen-bond donors (Lipinski definition) is 2. The highest BCUT2D eigenvalue weighted by atomic mass is 28.4. The van der Waals surface area contributed by atoms with Gasteiger partial charge in [0, 0.05) is 31.9 Å². The van der Waals surface area contributed by atoms with Crippen molar-refractivity contribution in [3.63, 3.8) is 0 Å². The molecule has 128 valence electrons. The molecule has 6 heteroatoms. The quantitative estimate of drug-likeness (QED) is 0.358. The molecule has 0 radical (unpaired) electrons. The second kappa shape index (κ2) is 13.7. The van der Waals surface area contributed by atoms with E-state index in [1.54, 1.807) is 0 Å². The van der Waals surface area contributed by atoms with Crippen LogP contribution < -0.4 is 11.1 Å². The minimum atomic E-state index is -2.58. The average molecular weight is 321 g/mol. The molecule has 0 aliphatic rings. The van der Waals surface area contributed by atoms with Crippen LogP contribution in [0.15, 0.2) is 0 Å². The molecule has 3 N–H and O–H groups in total. The Morgan fingerprint density at radius 3 is 1.81 bits per heavy atom. The molecule has 0 aromatic heterocycles. The van der Waals surface area contributed by atoms with Crippen molar-refractivity contribution in [3.05, 3.63) is 0 Å². The molecule has 0 fully saturated rings. The Hall–Kier alpha value is 0.0169. The van der Waals surface area contributed by atoms with E-state index in [-0.39, 0.29) is 0 Å². The van der Waals surface area contributed by atoms with Crippen LogP contribution in [0.5, 0.6) is 0 Å². The van der Waals surface area contributed by atoms with Crippen LogP contribution >= 0.6 is 0 Å². The van der Waals surface area contributed by atoms with Crippen molar-refractivity contribution in [2.45, 2.75) is 65.5 Å². The van der Waals surface area contributed by atoms with Crippen molar-refractivity contribution < 1.29 is 13.3 Å². The van der Waals surface area contributed by atoms with Gasteiger partial charge in [0.25, 0.3) is 0 Å². The number of hydrogen-bond acceptors (Lipinski definition) is 5. The van der Waals surface area contributed by atoms with Crippen molar-refractivity contribution in [1.29, 1.82) is 0 Å². The van der Waals surface area contributed by atoms with Gasteiger partial charge in [-0.15, -0.1) is 0 Å². The first-order valence-corrected chi connectivity index (χ1v) is 10.4. The van der Waals surface area contributed by atoms with E-state index in [9.17, 15) is 0 Å². The predicted molar refractivity (Wildman–Crippen MR) is 90.4 cm³/mol. The highest BCUT2D eigenvalue weighted by molar-refractivity contribution is 6.60. The largest absolute Gasteiger partial charge is 0.502 e. The van der Waals surface area contributed by atoms with Gasteiger partial charge in [0.2, 0.25) is 0 Å². The maximum Gasteiger partial charge on any atom is 0.502 e. The molecule has 5 nitrogen and oxygen atoms in total. The molecule has 0 aromatic carbocycles. The molecule has 0 aliphatic carbocycles. The number of rotatable bonds is 15. The smallest absolute Gasteiger partial charge is 0.373 e. The van der Waals surface area contributed by atoms with Crippen molar-refractivity contribution in [2.24, 2.45) is 5.73 Å². The first kappa shape index (κ1) is 21.0. The van der Waals surface area contributed by atoms with Crippen LogP contribution in [0.2, 0.25) is 6.04 Å². The Morgan fingerprint density at radius 1 is 0.952 bits per heavy atom. The fourth-order valence-electron chi connectivity index (χ4n) is 1.97. The Labute approximate surface area is 132 Å². The third-order valence-corrected chi connectivity index (χ3v) is 6.05. The summed E-state index contributed by atoms with van der Waals surface area (Å²) in [6.07, 6.45) is 3.93. The van der Waals surface area contributed by atoms with Gasteiger partial charge in [-0.2, -0.15) is 0 Å². The summed E-state index contributed by atoms with van der Waals surface area (Å²) in [5, 5.41) is 3.48. The van der Waals surface area contributed by atoms with E-state index < -0.39 is 8.80 Å². The zero-order chi connectivity index (χ0) is 16.0. The van der Waals surface area contributed by atoms with Gasteiger partial charge in [-0.05, 0) is 45.7 Å². The number of nitrogens with one attached hydrogen (secondary N) is 1. The SMILES string of the molecule is CCCO[Si](CC(C)NCCCN)(OCCC)OCCC. The van der Waals surface area contributed by atoms with Crippen molar-refractivity contribution in [3.8, 4) is 0 Å². The van der Waals surface area contributed by atoms with E-state index >= 15 is 0 Å². The lowest BCUT2D eigenvalue weighted by Gasteiger charge is -2.32. The van der Waals surface area contributed by atoms with E-state index in [1.807, 2.05) is 0 Å². The maximum absolute atomic E-state index is 6.09. The van der Waals surface area contributed by atoms with E-state index in [0.29, 0.717) is 32.4 Å². The summed E-state index contributed by atoms with van der Waals surface area (Å²) in [7, 11) is -2.58. The van der Waals surface area contributed by atoms with Gasteiger partial charge in [0.1, 0.15) is 0 Å². The van der Waals surface area contributed by atoms with Gasteiger partial charge >= 0.3 is 8.80 Å². The molecule has 21 heavy (non-hydrogen) atoms. The molecule has 0 aromatic rings. The third kappa shape index (κ3) is 10.4. The van der Waals surface area contributed by atoms with Gasteiger partial charge in [-0.1, -0.05) is 20.8 Å². The molecule has 0 aliphatic heterocycles. The fraction of sp³-hybridized carbons (Fsp3) is 1.00. The first-order valence-electron chi connectivity index (χ1n) is 8.49. The lowest BCUT2D eigenvalue weighted by Crippen LogP contribution is -2.50. The van der Waals surface area contributed by atoms with Gasteiger partial charge in [-0.25, -0.2) is 0 Å². The molecule has 0 saturated heterocycles. The van der Waals surface area contributed by atoms with Crippen LogP contribution in [-0.2, 0) is 13.3 Å². The van der Waals surface area contributed by atoms with Crippen LogP contribution in [0.4, 0.5) is 0 Å². The van der Waals surface area contributed by atoms with Crippen molar-refractivity contribution in [1.82, 2.24) is 5.32 Å². The molecule has 1 unspecified atom stereocenters. The van der Waals surface area contributed by atoms with Crippen LogP contribution in [-0.4, -0.2) is 47.8 Å². The van der Waals surface area contributed by atoms with Crippen LogP contribution in [0.1, 0.15) is 53.4 Å². The summed E-state index contributed by atoms with van der Waals surface area (Å²) in [6, 6.07) is 1.13. The molecule has 0 heterocycles. The molecule has 0 rings (SSSR count). The van der Waals surface area contributed by atoms with Gasteiger partial charge in [-0.3, -0.25) is 0 Å². The van der Waals surface area contributed by atoms with E-state index in [2.05, 4.69) is 33.0 Å². The summed E-state index contributed by atoms with van der Waals surface area (Å²) >= 11 is 0. The second-order valence-electron chi connectivity index (χ2n) is 5.43.